The zero-order valence-corrected chi connectivity index (χ0v) is 30.0. The summed E-state index contributed by atoms with van der Waals surface area (Å²) in [6.07, 6.45) is 1.02. The molecule has 6 aromatic carbocycles. The van der Waals surface area contributed by atoms with E-state index >= 15 is 0 Å². The highest BCUT2D eigenvalue weighted by Gasteiger charge is 2.30. The summed E-state index contributed by atoms with van der Waals surface area (Å²) in [7, 11) is -1.66. The molecular formula is C40H31N7O7S. The van der Waals surface area contributed by atoms with Crippen molar-refractivity contribution in [3.05, 3.63) is 132 Å². The molecule has 5 N–H and O–H groups in total. The molecule has 0 amide bonds. The first-order chi connectivity index (χ1) is 26.5. The summed E-state index contributed by atoms with van der Waals surface area (Å²) in [6.45, 7) is 0. The van der Waals surface area contributed by atoms with E-state index in [2.05, 4.69) is 31.0 Å². The number of methoxy groups -OCH3 is 2. The molecule has 0 aromatic heterocycles. The second-order valence-electron chi connectivity index (χ2n) is 12.1. The van der Waals surface area contributed by atoms with E-state index in [9.17, 15) is 22.9 Å². The van der Waals surface area contributed by atoms with Crippen molar-refractivity contribution in [1.82, 2.24) is 0 Å². The summed E-state index contributed by atoms with van der Waals surface area (Å²) >= 11 is 0. The SMILES string of the molecule is COc1cc(-c2ccc(NN=C3C=C(S(=O)(=O)O)c4ccccc4C3=O)c(OC)c2)ccc1N=Nc1ccc(N=Nc2c(O)ccc3ccccc23)cc1N. The molecule has 0 saturated heterocycles. The molecule has 15 heteroatoms. The topological polar surface area (TPSA) is 210 Å². The number of nitrogens with zero attached hydrogens (tertiary/aromatic N) is 5. The van der Waals surface area contributed by atoms with E-state index in [1.807, 2.05) is 36.4 Å². The van der Waals surface area contributed by atoms with Crippen LogP contribution in [0.2, 0.25) is 0 Å². The highest BCUT2D eigenvalue weighted by molar-refractivity contribution is 7.95. The molecule has 1 aliphatic carbocycles. The molecule has 0 spiro atoms. The van der Waals surface area contributed by atoms with Crippen LogP contribution in [0.4, 0.5) is 34.1 Å². The third-order valence-corrected chi connectivity index (χ3v) is 9.54. The number of aromatic hydroxyl groups is 1. The molecule has 0 unspecified atom stereocenters. The van der Waals surface area contributed by atoms with Gasteiger partial charge in [-0.25, -0.2) is 0 Å². The number of rotatable bonds is 10. The van der Waals surface area contributed by atoms with Crippen molar-refractivity contribution >= 4 is 71.4 Å². The van der Waals surface area contributed by atoms with Crippen LogP contribution < -0.4 is 20.6 Å². The van der Waals surface area contributed by atoms with E-state index in [1.54, 1.807) is 66.7 Å². The Bertz CT molecular complexity index is 2750. The lowest BCUT2D eigenvalue weighted by Gasteiger charge is -2.16. The van der Waals surface area contributed by atoms with E-state index in [1.165, 1.54) is 26.4 Å². The molecule has 0 bridgehead atoms. The smallest absolute Gasteiger partial charge is 0.295 e. The van der Waals surface area contributed by atoms with Crippen LogP contribution in [0.5, 0.6) is 17.2 Å². The van der Waals surface area contributed by atoms with Gasteiger partial charge < -0.3 is 20.3 Å². The maximum Gasteiger partial charge on any atom is 0.295 e. The predicted molar refractivity (Wildman–Crippen MR) is 211 cm³/mol. The van der Waals surface area contributed by atoms with Crippen LogP contribution in [0.15, 0.2) is 147 Å². The quantitative estimate of drug-likeness (QED) is 0.0453. The molecule has 0 aliphatic heterocycles. The molecule has 0 radical (unpaired) electrons. The second-order valence-corrected chi connectivity index (χ2v) is 13.5. The van der Waals surface area contributed by atoms with Crippen LogP contribution in [-0.2, 0) is 10.1 Å². The Balaban J connectivity index is 1.09. The number of nitrogens with one attached hydrogen (secondary N) is 1. The Hall–Kier alpha value is -7.23. The number of ketones is 1. The number of ether oxygens (including phenoxy) is 2. The van der Waals surface area contributed by atoms with E-state index in [4.69, 9.17) is 15.2 Å². The summed E-state index contributed by atoms with van der Waals surface area (Å²) < 4.78 is 45.2. The van der Waals surface area contributed by atoms with Crippen LogP contribution >= 0.6 is 0 Å². The first-order valence-electron chi connectivity index (χ1n) is 16.5. The Labute approximate surface area is 314 Å². The molecule has 274 valence electrons. The van der Waals surface area contributed by atoms with Crippen LogP contribution in [0.3, 0.4) is 0 Å². The van der Waals surface area contributed by atoms with Crippen molar-refractivity contribution in [2.45, 2.75) is 0 Å². The lowest BCUT2D eigenvalue weighted by molar-refractivity contribution is 0.106. The van der Waals surface area contributed by atoms with E-state index in [-0.39, 0.29) is 22.6 Å². The van der Waals surface area contributed by atoms with Crippen molar-refractivity contribution in [2.24, 2.45) is 25.6 Å². The number of nitrogens with two attached hydrogens (primary N) is 1. The molecule has 1 aliphatic rings. The normalized spacial score (nSPS) is 13.7. The van der Waals surface area contributed by atoms with Gasteiger partial charge in [-0.15, -0.1) is 15.3 Å². The number of fused-ring (bicyclic) bond motifs is 2. The van der Waals surface area contributed by atoms with Gasteiger partial charge in [0.1, 0.15) is 44.9 Å². The number of phenolic OH excluding ortho intramolecular Hbond substituents is 1. The molecule has 0 saturated carbocycles. The van der Waals surface area contributed by atoms with Crippen molar-refractivity contribution in [3.8, 4) is 28.4 Å². The molecule has 0 atom stereocenters. The lowest BCUT2D eigenvalue weighted by Crippen LogP contribution is -2.22. The molecule has 0 fully saturated rings. The summed E-state index contributed by atoms with van der Waals surface area (Å²) in [5.74, 6) is 0.305. The first kappa shape index (κ1) is 36.1. The third kappa shape index (κ3) is 7.50. The molecule has 6 aromatic rings. The maximum atomic E-state index is 13.1. The monoisotopic (exact) mass is 753 g/mol. The fourth-order valence-corrected chi connectivity index (χ4v) is 6.60. The van der Waals surface area contributed by atoms with Crippen LogP contribution in [-0.4, -0.2) is 43.8 Å². The van der Waals surface area contributed by atoms with Crippen molar-refractivity contribution in [1.29, 1.82) is 0 Å². The van der Waals surface area contributed by atoms with Gasteiger partial charge in [-0.05, 0) is 71.1 Å². The third-order valence-electron chi connectivity index (χ3n) is 8.65. The highest BCUT2D eigenvalue weighted by atomic mass is 32.2. The first-order valence-corrected chi connectivity index (χ1v) is 17.9. The molecule has 55 heavy (non-hydrogen) atoms. The summed E-state index contributed by atoms with van der Waals surface area (Å²) in [5.41, 5.74) is 12.9. The molecule has 0 heterocycles. The fourth-order valence-electron chi connectivity index (χ4n) is 5.88. The van der Waals surface area contributed by atoms with Crippen molar-refractivity contribution < 1.29 is 32.3 Å². The number of benzene rings is 6. The summed E-state index contributed by atoms with van der Waals surface area (Å²) in [5, 5.41) is 33.5. The number of hydrogen-bond donors (Lipinski definition) is 4. The summed E-state index contributed by atoms with van der Waals surface area (Å²) in [6, 6.07) is 32.5. The van der Waals surface area contributed by atoms with Gasteiger partial charge in [0.05, 0.1) is 31.3 Å². The number of carbonyl (C=O) groups is 1. The number of hydrazone groups is 1. The minimum Gasteiger partial charge on any atom is -0.506 e. The van der Waals surface area contributed by atoms with Crippen LogP contribution in [0.1, 0.15) is 15.9 Å². The number of carbonyl (C=O) groups excluding carboxylic acids is 1. The fraction of sp³-hybridized carbons (Fsp3) is 0.0500. The van der Waals surface area contributed by atoms with Crippen LogP contribution in [0.25, 0.3) is 26.8 Å². The van der Waals surface area contributed by atoms with Gasteiger partial charge in [0, 0.05) is 16.5 Å². The Kier molecular flexibility index (Phi) is 9.87. The zero-order chi connectivity index (χ0) is 38.7. The highest BCUT2D eigenvalue weighted by Crippen LogP contribution is 2.39. The van der Waals surface area contributed by atoms with Crippen LogP contribution in [0, 0.1) is 0 Å². The zero-order valence-electron chi connectivity index (χ0n) is 29.2. The second kappa shape index (κ2) is 15.0. The van der Waals surface area contributed by atoms with Gasteiger partial charge in [0.15, 0.2) is 0 Å². The molecular weight excluding hydrogens is 723 g/mol. The Morgan fingerprint density at radius 1 is 0.709 bits per heavy atom. The minimum atomic E-state index is -4.64. The van der Waals surface area contributed by atoms with E-state index in [0.717, 1.165) is 28.0 Å². The average molecular weight is 754 g/mol. The van der Waals surface area contributed by atoms with Gasteiger partial charge in [-0.1, -0.05) is 66.7 Å². The largest absolute Gasteiger partial charge is 0.506 e. The number of anilines is 2. The summed E-state index contributed by atoms with van der Waals surface area (Å²) in [4.78, 5) is 12.7. The predicted octanol–water partition coefficient (Wildman–Crippen LogP) is 9.54. The molecule has 14 nitrogen and oxygen atoms in total. The molecule has 7 rings (SSSR count). The van der Waals surface area contributed by atoms with Crippen molar-refractivity contribution in [3.63, 3.8) is 0 Å². The number of azo groups is 2. The number of allylic oxidation sites excluding steroid dienone is 1. The van der Waals surface area contributed by atoms with Crippen molar-refractivity contribution in [2.75, 3.05) is 25.4 Å². The Morgan fingerprint density at radius 2 is 1.38 bits per heavy atom. The maximum absolute atomic E-state index is 13.1. The number of nitrogen functional groups attached to an aromatic ring is 1. The van der Waals surface area contributed by atoms with Gasteiger partial charge in [0.2, 0.25) is 5.78 Å². The van der Waals surface area contributed by atoms with Gasteiger partial charge in [-0.3, -0.25) is 14.8 Å². The van der Waals surface area contributed by atoms with E-state index in [0.29, 0.717) is 45.6 Å². The Morgan fingerprint density at radius 3 is 2.13 bits per heavy atom. The van der Waals surface area contributed by atoms with Gasteiger partial charge in [0.25, 0.3) is 10.1 Å². The van der Waals surface area contributed by atoms with Gasteiger partial charge >= 0.3 is 0 Å². The standard InChI is InChI=1S/C40H31N7O7S/c1-53-36-19-24(25-12-16-33(37(20-25)54-2)45-46-34-22-38(55(50,51)52)28-9-5-6-10-29(28)40(34)49)11-15-32(36)44-43-31-17-14-26(21-30(31)41)42-47-39-27-8-4-3-7-23(27)13-18-35(39)48/h3-22,45,48H,41H2,1-2H3,(H,50,51,52). The minimum absolute atomic E-state index is 0.0128. The van der Waals surface area contributed by atoms with E-state index < -0.39 is 20.8 Å². The van der Waals surface area contributed by atoms with Gasteiger partial charge in [-0.2, -0.15) is 18.6 Å². The lowest BCUT2D eigenvalue weighted by atomic mass is 9.95. The number of hydrogen-bond acceptors (Lipinski definition) is 13. The number of Topliss-reactive ketones (excluding diaryl/α,β-unsaturated/α-hetero) is 1. The number of phenols is 1. The average Bonchev–Trinajstić information content (AvgIpc) is 3.19.